The Hall–Kier alpha value is -3.28. The van der Waals surface area contributed by atoms with Crippen LogP contribution in [0.25, 0.3) is 11.0 Å². The normalized spacial score (nSPS) is 15.5. The fraction of sp³-hybridized carbons (Fsp3) is 0.385. The molecule has 1 atom stereocenters. The van der Waals surface area contributed by atoms with E-state index in [9.17, 15) is 9.59 Å². The highest BCUT2D eigenvalue weighted by Gasteiger charge is 2.29. The van der Waals surface area contributed by atoms with Gasteiger partial charge in [0.2, 0.25) is 11.8 Å². The maximum atomic E-state index is 12.8. The molecule has 1 unspecified atom stereocenters. The lowest BCUT2D eigenvalue weighted by Gasteiger charge is -2.32. The average molecular weight is 435 g/mol. The number of ether oxygens (including phenoxy) is 1. The van der Waals surface area contributed by atoms with Crippen LogP contribution in [0.15, 0.2) is 59.0 Å². The van der Waals surface area contributed by atoms with E-state index in [1.807, 2.05) is 73.3 Å². The van der Waals surface area contributed by atoms with Crippen molar-refractivity contribution in [1.82, 2.24) is 10.2 Å². The summed E-state index contributed by atoms with van der Waals surface area (Å²) in [5.74, 6) is 1.57. The average Bonchev–Trinajstić information content (AvgIpc) is 3.16. The van der Waals surface area contributed by atoms with Crippen molar-refractivity contribution in [2.24, 2.45) is 5.92 Å². The fourth-order valence-corrected chi connectivity index (χ4v) is 4.33. The van der Waals surface area contributed by atoms with Gasteiger partial charge in [0.15, 0.2) is 0 Å². The fourth-order valence-electron chi connectivity index (χ4n) is 4.33. The number of likely N-dealkylation sites (tertiary alicyclic amines) is 1. The van der Waals surface area contributed by atoms with Crippen molar-refractivity contribution in [1.29, 1.82) is 0 Å². The van der Waals surface area contributed by atoms with Crippen molar-refractivity contribution in [2.75, 3.05) is 19.7 Å². The number of carbonyl (C=O) groups excluding carboxylic acids is 2. The summed E-state index contributed by atoms with van der Waals surface area (Å²) in [6.07, 6.45) is 1.68. The van der Waals surface area contributed by atoms with Crippen molar-refractivity contribution in [3.63, 3.8) is 0 Å². The van der Waals surface area contributed by atoms with E-state index in [2.05, 4.69) is 5.32 Å². The molecular weight excluding hydrogens is 404 g/mol. The minimum atomic E-state index is -0.204. The highest BCUT2D eigenvalue weighted by atomic mass is 16.5. The first-order valence-corrected chi connectivity index (χ1v) is 11.3. The van der Waals surface area contributed by atoms with Gasteiger partial charge in [-0.2, -0.15) is 0 Å². The van der Waals surface area contributed by atoms with Gasteiger partial charge in [0.1, 0.15) is 17.1 Å². The van der Waals surface area contributed by atoms with Gasteiger partial charge in [-0.25, -0.2) is 0 Å². The number of para-hydroxylation sites is 2. The second-order valence-electron chi connectivity index (χ2n) is 8.38. The smallest absolute Gasteiger partial charge is 0.225 e. The predicted octanol–water partition coefficient (Wildman–Crippen LogP) is 4.63. The molecule has 0 aliphatic carbocycles. The Kier molecular flexibility index (Phi) is 6.78. The summed E-state index contributed by atoms with van der Waals surface area (Å²) in [5.41, 5.74) is 1.90. The molecule has 2 amide bonds. The Morgan fingerprint density at radius 3 is 2.50 bits per heavy atom. The molecule has 0 saturated carbocycles. The number of fused-ring (bicyclic) bond motifs is 1. The molecule has 4 rings (SSSR count). The first-order chi connectivity index (χ1) is 15.5. The van der Waals surface area contributed by atoms with Crippen LogP contribution in [0, 0.1) is 12.8 Å². The van der Waals surface area contributed by atoms with Gasteiger partial charge in [0, 0.05) is 30.0 Å². The number of benzene rings is 2. The van der Waals surface area contributed by atoms with Crippen molar-refractivity contribution >= 4 is 22.8 Å². The highest BCUT2D eigenvalue weighted by Crippen LogP contribution is 2.29. The number of nitrogens with zero attached hydrogens (tertiary/aromatic N) is 1. The maximum absolute atomic E-state index is 12.8. The third-order valence-corrected chi connectivity index (χ3v) is 6.18. The third-order valence-electron chi connectivity index (χ3n) is 6.18. The van der Waals surface area contributed by atoms with E-state index in [4.69, 9.17) is 9.15 Å². The molecule has 1 aliphatic rings. The summed E-state index contributed by atoms with van der Waals surface area (Å²) in [5, 5.41) is 4.18. The highest BCUT2D eigenvalue weighted by molar-refractivity contribution is 5.83. The van der Waals surface area contributed by atoms with Crippen LogP contribution in [0.4, 0.5) is 0 Å². The molecule has 1 aromatic heterocycles. The summed E-state index contributed by atoms with van der Waals surface area (Å²) >= 11 is 0. The number of aryl methyl sites for hydroxylation is 1. The van der Waals surface area contributed by atoms with E-state index in [1.54, 1.807) is 0 Å². The molecule has 0 bridgehead atoms. The molecule has 0 radical (unpaired) electrons. The van der Waals surface area contributed by atoms with E-state index in [0.29, 0.717) is 39.0 Å². The van der Waals surface area contributed by atoms with E-state index >= 15 is 0 Å². The number of hydrogen-bond acceptors (Lipinski definition) is 4. The van der Waals surface area contributed by atoms with Gasteiger partial charge in [0.25, 0.3) is 0 Å². The molecule has 1 saturated heterocycles. The lowest BCUT2D eigenvalue weighted by atomic mass is 9.95. The number of piperidine rings is 1. The number of rotatable bonds is 7. The van der Waals surface area contributed by atoms with Gasteiger partial charge in [-0.15, -0.1) is 0 Å². The third kappa shape index (κ3) is 4.96. The molecule has 2 aromatic carbocycles. The Morgan fingerprint density at radius 1 is 1.09 bits per heavy atom. The number of nitrogens with one attached hydrogen (secondary N) is 1. The minimum Gasteiger partial charge on any atom is -0.493 e. The largest absolute Gasteiger partial charge is 0.493 e. The van der Waals surface area contributed by atoms with Gasteiger partial charge in [-0.05, 0) is 44.9 Å². The van der Waals surface area contributed by atoms with E-state index < -0.39 is 0 Å². The zero-order valence-corrected chi connectivity index (χ0v) is 18.7. The monoisotopic (exact) mass is 434 g/mol. The second kappa shape index (κ2) is 9.90. The van der Waals surface area contributed by atoms with Crippen LogP contribution in [0.2, 0.25) is 0 Å². The molecule has 32 heavy (non-hydrogen) atoms. The van der Waals surface area contributed by atoms with Crippen molar-refractivity contribution in [3.8, 4) is 5.75 Å². The van der Waals surface area contributed by atoms with E-state index in [1.165, 1.54) is 0 Å². The zero-order chi connectivity index (χ0) is 22.5. The Balaban J connectivity index is 1.24. The van der Waals surface area contributed by atoms with Crippen LogP contribution in [-0.2, 0) is 9.59 Å². The van der Waals surface area contributed by atoms with Crippen LogP contribution in [-0.4, -0.2) is 36.4 Å². The van der Waals surface area contributed by atoms with Crippen LogP contribution in [0.3, 0.4) is 0 Å². The van der Waals surface area contributed by atoms with Crippen molar-refractivity contribution < 1.29 is 18.7 Å². The molecular formula is C26H30N2O4. The summed E-state index contributed by atoms with van der Waals surface area (Å²) in [4.78, 5) is 27.2. The van der Waals surface area contributed by atoms with Crippen LogP contribution in [0.5, 0.6) is 5.75 Å². The summed E-state index contributed by atoms with van der Waals surface area (Å²) in [6, 6.07) is 17.2. The van der Waals surface area contributed by atoms with E-state index in [-0.39, 0.29) is 23.8 Å². The molecule has 1 N–H and O–H groups in total. The molecule has 1 aliphatic heterocycles. The lowest BCUT2D eigenvalue weighted by Crippen LogP contribution is -2.43. The van der Waals surface area contributed by atoms with Crippen molar-refractivity contribution in [3.05, 3.63) is 65.9 Å². The Bertz CT molecular complexity index is 1070. The molecule has 2 heterocycles. The molecule has 6 heteroatoms. The lowest BCUT2D eigenvalue weighted by molar-refractivity contribution is -0.136. The number of amides is 2. The minimum absolute atomic E-state index is 0.0249. The second-order valence-corrected chi connectivity index (χ2v) is 8.38. The number of hydrogen-bond donors (Lipinski definition) is 1. The maximum Gasteiger partial charge on any atom is 0.225 e. The van der Waals surface area contributed by atoms with Gasteiger partial charge >= 0.3 is 0 Å². The molecule has 168 valence electrons. The van der Waals surface area contributed by atoms with E-state index in [0.717, 1.165) is 28.0 Å². The Morgan fingerprint density at radius 2 is 1.78 bits per heavy atom. The van der Waals surface area contributed by atoms with Crippen LogP contribution in [0.1, 0.15) is 43.6 Å². The quantitative estimate of drug-likeness (QED) is 0.589. The van der Waals surface area contributed by atoms with Gasteiger partial charge in [-0.1, -0.05) is 36.4 Å². The summed E-state index contributed by atoms with van der Waals surface area (Å²) in [7, 11) is 0. The standard InChI is InChI=1S/C26H30N2O4/c1-18-22-10-6-7-11-23(22)32-25(18)19(2)27-26(30)20-12-15-28(16-13-20)24(29)14-17-31-21-8-4-3-5-9-21/h3-11,19-20H,12-17H2,1-2H3,(H,27,30). The molecule has 1 fully saturated rings. The van der Waals surface area contributed by atoms with Crippen molar-refractivity contribution in [2.45, 2.75) is 39.2 Å². The molecule has 6 nitrogen and oxygen atoms in total. The first kappa shape index (κ1) is 21.9. The number of carbonyl (C=O) groups is 2. The predicted molar refractivity (Wildman–Crippen MR) is 123 cm³/mol. The number of furan rings is 1. The summed E-state index contributed by atoms with van der Waals surface area (Å²) < 4.78 is 11.6. The van der Waals surface area contributed by atoms with Crippen LogP contribution < -0.4 is 10.1 Å². The molecule has 0 spiro atoms. The summed E-state index contributed by atoms with van der Waals surface area (Å²) in [6.45, 7) is 5.53. The van der Waals surface area contributed by atoms with Gasteiger partial charge in [-0.3, -0.25) is 9.59 Å². The Labute approximate surface area is 188 Å². The molecule has 3 aromatic rings. The van der Waals surface area contributed by atoms with Gasteiger partial charge < -0.3 is 19.4 Å². The zero-order valence-electron chi connectivity index (χ0n) is 18.7. The van der Waals surface area contributed by atoms with Crippen LogP contribution >= 0.6 is 0 Å². The SMILES string of the molecule is Cc1c(C(C)NC(=O)C2CCN(C(=O)CCOc3ccccc3)CC2)oc2ccccc12. The first-order valence-electron chi connectivity index (χ1n) is 11.3. The van der Waals surface area contributed by atoms with Gasteiger partial charge in [0.05, 0.1) is 19.1 Å². The topological polar surface area (TPSA) is 71.8 Å².